The number of nitriles is 1. The SMILES string of the molecule is COc1cc(F)ccc1[C@H](N)C#N. The van der Waals surface area contributed by atoms with Gasteiger partial charge in [0.05, 0.1) is 13.2 Å². The second-order valence-corrected chi connectivity index (χ2v) is 2.49. The summed E-state index contributed by atoms with van der Waals surface area (Å²) in [5.41, 5.74) is 5.95. The molecule has 0 saturated carbocycles. The van der Waals surface area contributed by atoms with Crippen molar-refractivity contribution in [3.8, 4) is 11.8 Å². The maximum absolute atomic E-state index is 12.7. The fourth-order valence-corrected chi connectivity index (χ4v) is 1.01. The number of nitrogens with zero attached hydrogens (tertiary/aromatic N) is 1. The summed E-state index contributed by atoms with van der Waals surface area (Å²) >= 11 is 0. The van der Waals surface area contributed by atoms with Gasteiger partial charge in [0.2, 0.25) is 0 Å². The summed E-state index contributed by atoms with van der Waals surface area (Å²) in [6.07, 6.45) is 0. The van der Waals surface area contributed by atoms with E-state index in [0.717, 1.165) is 0 Å². The van der Waals surface area contributed by atoms with Crippen LogP contribution in [-0.4, -0.2) is 7.11 Å². The van der Waals surface area contributed by atoms with E-state index in [0.29, 0.717) is 11.3 Å². The molecule has 13 heavy (non-hydrogen) atoms. The number of methoxy groups -OCH3 is 1. The van der Waals surface area contributed by atoms with Gasteiger partial charge in [0.15, 0.2) is 0 Å². The molecule has 0 radical (unpaired) electrons. The molecular weight excluding hydrogens is 171 g/mol. The van der Waals surface area contributed by atoms with Crippen molar-refractivity contribution >= 4 is 0 Å². The third kappa shape index (κ3) is 1.95. The Morgan fingerprint density at radius 1 is 1.62 bits per heavy atom. The molecular formula is C9H9FN2O. The van der Waals surface area contributed by atoms with Crippen LogP contribution in [0.2, 0.25) is 0 Å². The molecule has 0 aliphatic heterocycles. The van der Waals surface area contributed by atoms with Gasteiger partial charge in [0.1, 0.15) is 17.6 Å². The standard InChI is InChI=1S/C9H9FN2O/c1-13-9-4-6(10)2-3-7(9)8(12)5-11/h2-4,8H,12H2,1H3/t8-/m1/s1. The van der Waals surface area contributed by atoms with Crippen molar-refractivity contribution in [2.75, 3.05) is 7.11 Å². The molecule has 2 N–H and O–H groups in total. The Morgan fingerprint density at radius 2 is 2.31 bits per heavy atom. The summed E-state index contributed by atoms with van der Waals surface area (Å²) in [6, 6.07) is 4.96. The summed E-state index contributed by atoms with van der Waals surface area (Å²) in [6.45, 7) is 0. The zero-order chi connectivity index (χ0) is 9.84. The third-order valence-electron chi connectivity index (χ3n) is 1.67. The van der Waals surface area contributed by atoms with E-state index in [2.05, 4.69) is 0 Å². The lowest BCUT2D eigenvalue weighted by Crippen LogP contribution is -2.08. The van der Waals surface area contributed by atoms with Crippen molar-refractivity contribution < 1.29 is 9.13 Å². The molecule has 0 saturated heterocycles. The molecule has 0 bridgehead atoms. The smallest absolute Gasteiger partial charge is 0.127 e. The van der Waals surface area contributed by atoms with E-state index in [1.165, 1.54) is 25.3 Å². The minimum absolute atomic E-state index is 0.300. The van der Waals surface area contributed by atoms with Crippen LogP contribution in [0.4, 0.5) is 4.39 Å². The van der Waals surface area contributed by atoms with E-state index in [1.54, 1.807) is 0 Å². The second kappa shape index (κ2) is 3.87. The molecule has 0 amide bonds. The Morgan fingerprint density at radius 3 is 2.85 bits per heavy atom. The van der Waals surface area contributed by atoms with Gasteiger partial charge >= 0.3 is 0 Å². The summed E-state index contributed by atoms with van der Waals surface area (Å²) in [5, 5.41) is 8.55. The maximum Gasteiger partial charge on any atom is 0.127 e. The van der Waals surface area contributed by atoms with Gasteiger partial charge in [0, 0.05) is 11.6 Å². The van der Waals surface area contributed by atoms with Crippen molar-refractivity contribution in [2.45, 2.75) is 6.04 Å². The van der Waals surface area contributed by atoms with Gasteiger partial charge in [-0.1, -0.05) is 0 Å². The summed E-state index contributed by atoms with van der Waals surface area (Å²) in [7, 11) is 1.41. The lowest BCUT2D eigenvalue weighted by Gasteiger charge is -2.09. The number of rotatable bonds is 2. The van der Waals surface area contributed by atoms with Crippen LogP contribution in [0.5, 0.6) is 5.75 Å². The minimum Gasteiger partial charge on any atom is -0.496 e. The Bertz CT molecular complexity index is 346. The Balaban J connectivity index is 3.15. The molecule has 68 valence electrons. The number of ether oxygens (including phenoxy) is 1. The fourth-order valence-electron chi connectivity index (χ4n) is 1.01. The quantitative estimate of drug-likeness (QED) is 0.747. The van der Waals surface area contributed by atoms with Gasteiger partial charge in [-0.05, 0) is 12.1 Å². The van der Waals surface area contributed by atoms with E-state index in [1.807, 2.05) is 6.07 Å². The van der Waals surface area contributed by atoms with Crippen LogP contribution in [0.1, 0.15) is 11.6 Å². The number of hydrogen-bond acceptors (Lipinski definition) is 3. The molecule has 4 heteroatoms. The monoisotopic (exact) mass is 180 g/mol. The molecule has 0 aliphatic carbocycles. The first-order valence-electron chi connectivity index (χ1n) is 3.67. The van der Waals surface area contributed by atoms with Crippen LogP contribution in [-0.2, 0) is 0 Å². The molecule has 0 unspecified atom stereocenters. The molecule has 1 aromatic rings. The normalized spacial score (nSPS) is 11.8. The first kappa shape index (κ1) is 9.49. The molecule has 0 spiro atoms. The van der Waals surface area contributed by atoms with Crippen LogP contribution in [0.15, 0.2) is 18.2 Å². The van der Waals surface area contributed by atoms with E-state index >= 15 is 0 Å². The number of hydrogen-bond donors (Lipinski definition) is 1. The largest absolute Gasteiger partial charge is 0.496 e. The van der Waals surface area contributed by atoms with Crippen LogP contribution >= 0.6 is 0 Å². The molecule has 3 nitrogen and oxygen atoms in total. The predicted octanol–water partition coefficient (Wildman–Crippen LogP) is 1.36. The molecule has 1 atom stereocenters. The van der Waals surface area contributed by atoms with Gasteiger partial charge < -0.3 is 10.5 Å². The van der Waals surface area contributed by atoms with Crippen LogP contribution < -0.4 is 10.5 Å². The highest BCUT2D eigenvalue weighted by molar-refractivity contribution is 5.38. The third-order valence-corrected chi connectivity index (χ3v) is 1.67. The summed E-state index contributed by atoms with van der Waals surface area (Å²) < 4.78 is 17.6. The Kier molecular flexibility index (Phi) is 2.83. The van der Waals surface area contributed by atoms with E-state index in [4.69, 9.17) is 15.7 Å². The van der Waals surface area contributed by atoms with Gasteiger partial charge in [-0.15, -0.1) is 0 Å². The van der Waals surface area contributed by atoms with Crippen molar-refractivity contribution in [2.24, 2.45) is 5.73 Å². The molecule has 0 aliphatic rings. The zero-order valence-corrected chi connectivity index (χ0v) is 7.12. The van der Waals surface area contributed by atoms with Crippen molar-refractivity contribution in [3.63, 3.8) is 0 Å². The molecule has 0 fully saturated rings. The Hall–Kier alpha value is -1.60. The molecule has 0 heterocycles. The van der Waals surface area contributed by atoms with Gasteiger partial charge in [-0.25, -0.2) is 4.39 Å². The highest BCUT2D eigenvalue weighted by atomic mass is 19.1. The van der Waals surface area contributed by atoms with Crippen LogP contribution in [0.3, 0.4) is 0 Å². The average molecular weight is 180 g/mol. The highest BCUT2D eigenvalue weighted by Gasteiger charge is 2.11. The number of halogens is 1. The topological polar surface area (TPSA) is 59.0 Å². The summed E-state index contributed by atoms with van der Waals surface area (Å²) in [5.74, 6) is -0.111. The lowest BCUT2D eigenvalue weighted by molar-refractivity contribution is 0.405. The molecule has 1 rings (SSSR count). The van der Waals surface area contributed by atoms with Crippen molar-refractivity contribution in [1.82, 2.24) is 0 Å². The Labute approximate surface area is 75.5 Å². The number of nitrogens with two attached hydrogens (primary N) is 1. The van der Waals surface area contributed by atoms with Crippen LogP contribution in [0.25, 0.3) is 0 Å². The second-order valence-electron chi connectivity index (χ2n) is 2.49. The fraction of sp³-hybridized carbons (Fsp3) is 0.222. The van der Waals surface area contributed by atoms with Gasteiger partial charge in [-0.3, -0.25) is 0 Å². The van der Waals surface area contributed by atoms with Gasteiger partial charge in [0.25, 0.3) is 0 Å². The van der Waals surface area contributed by atoms with Crippen molar-refractivity contribution in [1.29, 1.82) is 5.26 Å². The zero-order valence-electron chi connectivity index (χ0n) is 7.12. The van der Waals surface area contributed by atoms with E-state index < -0.39 is 11.9 Å². The molecule has 0 aromatic heterocycles. The van der Waals surface area contributed by atoms with Gasteiger partial charge in [-0.2, -0.15) is 5.26 Å². The maximum atomic E-state index is 12.7. The first-order chi connectivity index (χ1) is 6.19. The first-order valence-corrected chi connectivity index (χ1v) is 3.67. The minimum atomic E-state index is -0.782. The molecule has 1 aromatic carbocycles. The summed E-state index contributed by atoms with van der Waals surface area (Å²) in [4.78, 5) is 0. The average Bonchev–Trinajstić information content (AvgIpc) is 2.16. The van der Waals surface area contributed by atoms with E-state index in [9.17, 15) is 4.39 Å². The van der Waals surface area contributed by atoms with E-state index in [-0.39, 0.29) is 0 Å². The van der Waals surface area contributed by atoms with Crippen molar-refractivity contribution in [3.05, 3.63) is 29.6 Å². The van der Waals surface area contributed by atoms with Crippen LogP contribution in [0, 0.1) is 17.1 Å². The number of benzene rings is 1. The predicted molar refractivity (Wildman–Crippen MR) is 45.5 cm³/mol. The lowest BCUT2D eigenvalue weighted by atomic mass is 10.1. The highest BCUT2D eigenvalue weighted by Crippen LogP contribution is 2.23.